The normalized spacial score (nSPS) is 49.8. The minimum Gasteiger partial charge on any atom is -0.394 e. The molecule has 0 spiro atoms. The Bertz CT molecular complexity index is 1690. The smallest absolute Gasteiger partial charge is 0.217 e. The highest BCUT2D eigenvalue weighted by atomic mass is 16.8. The van der Waals surface area contributed by atoms with E-state index in [0.29, 0.717) is 0 Å². The summed E-state index contributed by atoms with van der Waals surface area (Å²) in [5.41, 5.74) is 0. The number of aliphatic hydroxyl groups excluding tert-OH is 17. The summed E-state index contributed by atoms with van der Waals surface area (Å²) < 4.78 is 63.7. The van der Waals surface area contributed by atoms with Gasteiger partial charge in [0.25, 0.3) is 0 Å². The molecule has 6 fully saturated rings. The van der Waals surface area contributed by atoms with E-state index in [0.717, 1.165) is 13.8 Å². The number of nitrogens with one attached hydrogen (secondary N) is 2. The van der Waals surface area contributed by atoms with E-state index >= 15 is 0 Å². The third kappa shape index (κ3) is 12.7. The molecule has 0 unspecified atom stereocenters. The van der Waals surface area contributed by atoms with Gasteiger partial charge in [-0.15, -0.1) is 0 Å². The van der Waals surface area contributed by atoms with Gasteiger partial charge in [0.1, 0.15) is 140 Å². The van der Waals surface area contributed by atoms with E-state index in [1.807, 2.05) is 0 Å². The maximum atomic E-state index is 12.7. The first-order valence-corrected chi connectivity index (χ1v) is 22.5. The van der Waals surface area contributed by atoms with Crippen molar-refractivity contribution in [3.05, 3.63) is 0 Å². The van der Waals surface area contributed by atoms with E-state index < -0.39 is 229 Å². The zero-order valence-electron chi connectivity index (χ0n) is 37.9. The second kappa shape index (κ2) is 25.1. The van der Waals surface area contributed by atoms with Crippen LogP contribution in [-0.2, 0) is 61.7 Å². The van der Waals surface area contributed by atoms with Crippen LogP contribution >= 0.6 is 0 Å². The fraction of sp³-hybridized carbons (Fsp3) is 0.949. The summed E-state index contributed by atoms with van der Waals surface area (Å²) in [4.78, 5) is 24.6. The third-order valence-electron chi connectivity index (χ3n) is 12.8. The number of hydrogen-bond donors (Lipinski definition) is 19. The number of rotatable bonds is 17. The number of carbonyl (C=O) groups is 2. The van der Waals surface area contributed by atoms with Gasteiger partial charge in [-0.05, 0) is 0 Å². The van der Waals surface area contributed by atoms with Crippen LogP contribution in [0.15, 0.2) is 0 Å². The largest absolute Gasteiger partial charge is 0.394 e. The fourth-order valence-corrected chi connectivity index (χ4v) is 8.91. The third-order valence-corrected chi connectivity index (χ3v) is 12.8. The maximum absolute atomic E-state index is 12.7. The van der Waals surface area contributed by atoms with E-state index in [4.69, 9.17) is 52.1 Å². The summed E-state index contributed by atoms with van der Waals surface area (Å²) in [7, 11) is 0. The van der Waals surface area contributed by atoms with Crippen molar-refractivity contribution in [2.24, 2.45) is 0 Å². The first kappa shape index (κ1) is 58.1. The summed E-state index contributed by atoms with van der Waals surface area (Å²) in [6.07, 6.45) is -51.8. The lowest BCUT2D eigenvalue weighted by Crippen LogP contribution is -2.71. The van der Waals surface area contributed by atoms with Crippen LogP contribution in [-0.4, -0.2) is 316 Å². The Labute approximate surface area is 402 Å². The van der Waals surface area contributed by atoms with Gasteiger partial charge in [-0.25, -0.2) is 0 Å². The molecule has 6 aliphatic heterocycles. The first-order chi connectivity index (χ1) is 33.6. The molecule has 2 amide bonds. The van der Waals surface area contributed by atoms with Crippen molar-refractivity contribution in [1.82, 2.24) is 10.6 Å². The number of ether oxygens (including phenoxy) is 11. The highest BCUT2D eigenvalue weighted by molar-refractivity contribution is 5.73. The van der Waals surface area contributed by atoms with Crippen molar-refractivity contribution < 1.29 is 149 Å². The summed E-state index contributed by atoms with van der Waals surface area (Å²) in [5, 5.41) is 186. The van der Waals surface area contributed by atoms with Gasteiger partial charge in [0.15, 0.2) is 37.7 Å². The molecule has 6 aliphatic rings. The fourth-order valence-electron chi connectivity index (χ4n) is 8.91. The van der Waals surface area contributed by atoms with Crippen molar-refractivity contribution in [3.63, 3.8) is 0 Å². The molecule has 0 aromatic carbocycles. The van der Waals surface area contributed by atoms with Crippen LogP contribution in [0.3, 0.4) is 0 Å². The van der Waals surface area contributed by atoms with Crippen LogP contribution in [0.4, 0.5) is 0 Å². The zero-order chi connectivity index (χ0) is 52.3. The molecule has 0 radical (unpaired) electrons. The average Bonchev–Trinajstić information content (AvgIpc) is 3.33. The minimum atomic E-state index is -2.20. The molecule has 0 aliphatic carbocycles. The van der Waals surface area contributed by atoms with Crippen molar-refractivity contribution in [2.45, 2.75) is 192 Å². The molecule has 412 valence electrons. The molecule has 0 aromatic heterocycles. The molecule has 32 heteroatoms. The quantitative estimate of drug-likeness (QED) is 0.0643. The molecule has 6 rings (SSSR count). The van der Waals surface area contributed by atoms with Crippen LogP contribution in [0.2, 0.25) is 0 Å². The Morgan fingerprint density at radius 1 is 0.423 bits per heavy atom. The van der Waals surface area contributed by atoms with Gasteiger partial charge in [0, 0.05) is 13.8 Å². The van der Waals surface area contributed by atoms with Gasteiger partial charge in [-0.2, -0.15) is 0 Å². The standard InChI is InChI=1S/C39H66N2O30/c1-9(46)40-17-23(53)30(14(5-44)63-34(17)60)68-35-18(41-10(2)47)24(54)31(15(6-45)66-35)69-39-33(71-37-27(57)19(49)11(48)7-61-37)32(70-38-29(59)26(56)21(51)13(4-43)65-38)22(52)16(67-39)8-62-36-28(58)25(55)20(50)12(3-42)64-36/h11-39,42-45,48-60H,3-8H2,1-2H3,(H,40,46)(H,41,47)/t11-,12-,13-,14-,15-,16-,17-,18-,19+,20-,21-,22-,23-,24-,25+,26+,27-,28+,29+,30-,31-,32+,33+,34-,35+,36+,37+,38-,39+/m1/s1. The lowest BCUT2D eigenvalue weighted by molar-refractivity contribution is -0.404. The highest BCUT2D eigenvalue weighted by Crippen LogP contribution is 2.37. The zero-order valence-corrected chi connectivity index (χ0v) is 37.9. The van der Waals surface area contributed by atoms with Gasteiger partial charge in [0.2, 0.25) is 11.8 Å². The Balaban J connectivity index is 1.37. The predicted molar refractivity (Wildman–Crippen MR) is 216 cm³/mol. The van der Waals surface area contributed by atoms with Gasteiger partial charge in [-0.3, -0.25) is 9.59 Å². The van der Waals surface area contributed by atoms with Crippen LogP contribution < -0.4 is 10.6 Å². The molecule has 19 N–H and O–H groups in total. The van der Waals surface area contributed by atoms with Crippen molar-refractivity contribution in [3.8, 4) is 0 Å². The van der Waals surface area contributed by atoms with Gasteiger partial charge >= 0.3 is 0 Å². The molecular formula is C39H66N2O30. The van der Waals surface area contributed by atoms with Crippen LogP contribution in [0.1, 0.15) is 13.8 Å². The highest BCUT2D eigenvalue weighted by Gasteiger charge is 2.58. The van der Waals surface area contributed by atoms with E-state index in [1.54, 1.807) is 0 Å². The molecule has 71 heavy (non-hydrogen) atoms. The molecule has 6 heterocycles. The maximum Gasteiger partial charge on any atom is 0.217 e. The number of aliphatic hydroxyl groups is 17. The molecule has 6 saturated heterocycles. The van der Waals surface area contributed by atoms with Gasteiger partial charge in [-0.1, -0.05) is 0 Å². The van der Waals surface area contributed by atoms with Crippen molar-refractivity contribution in [2.75, 3.05) is 39.6 Å². The first-order valence-electron chi connectivity index (χ1n) is 22.5. The average molecular weight is 1040 g/mol. The number of carbonyl (C=O) groups excluding carboxylic acids is 2. The summed E-state index contributed by atoms with van der Waals surface area (Å²) >= 11 is 0. The Kier molecular flexibility index (Phi) is 20.5. The second-order valence-corrected chi connectivity index (χ2v) is 17.8. The molecular weight excluding hydrogens is 976 g/mol. The number of amides is 2. The van der Waals surface area contributed by atoms with E-state index in [1.165, 1.54) is 0 Å². The van der Waals surface area contributed by atoms with Gasteiger partial charge < -0.3 is 150 Å². The van der Waals surface area contributed by atoms with Gasteiger partial charge in [0.05, 0.1) is 39.6 Å². The molecule has 0 bridgehead atoms. The van der Waals surface area contributed by atoms with E-state index in [2.05, 4.69) is 10.6 Å². The van der Waals surface area contributed by atoms with E-state index in [9.17, 15) is 96.4 Å². The second-order valence-electron chi connectivity index (χ2n) is 17.8. The van der Waals surface area contributed by atoms with Crippen LogP contribution in [0.5, 0.6) is 0 Å². The topological polar surface area (TPSA) is 504 Å². The monoisotopic (exact) mass is 1040 g/mol. The summed E-state index contributed by atoms with van der Waals surface area (Å²) in [6.45, 7) is -3.36. The molecule has 32 nitrogen and oxygen atoms in total. The summed E-state index contributed by atoms with van der Waals surface area (Å²) in [6, 6.07) is -3.33. The van der Waals surface area contributed by atoms with Crippen LogP contribution in [0, 0.1) is 0 Å². The lowest BCUT2D eigenvalue weighted by atomic mass is 9.93. The Morgan fingerprint density at radius 3 is 1.42 bits per heavy atom. The molecule has 0 saturated carbocycles. The Hall–Kier alpha value is -2.18. The Morgan fingerprint density at radius 2 is 0.859 bits per heavy atom. The SMILES string of the molecule is CC(=O)N[C@@H]1[C@@H](O)[C@H](O[C@@H]2O[C@H](CO)[C@@H](O[C@@H]3O[C@H](CO[C@H]4O[C@H](CO)[C@@H](O)[C@H](O)[C@@H]4O)[C@@H](O)[C@H](O[C@H]4O[C@H](CO)[C@@H](O)[C@H](O)[C@@H]4O)[C@@H]3O[C@@H]3OC[C@@H](O)[C@H](O)[C@H]3O)[C@H](O)[C@H]2NC(C)=O)[C@@H](CO)O[C@H]1O. The van der Waals surface area contributed by atoms with E-state index in [-0.39, 0.29) is 0 Å². The molecule has 0 aromatic rings. The van der Waals surface area contributed by atoms with Crippen molar-refractivity contribution in [1.29, 1.82) is 0 Å². The predicted octanol–water partition coefficient (Wildman–Crippen LogP) is -13.2. The summed E-state index contributed by atoms with van der Waals surface area (Å²) in [5.74, 6) is -1.57. The lowest BCUT2D eigenvalue weighted by Gasteiger charge is -2.51. The molecule has 29 atom stereocenters. The van der Waals surface area contributed by atoms with Crippen molar-refractivity contribution >= 4 is 11.8 Å². The number of hydrogen-bond acceptors (Lipinski definition) is 30. The minimum absolute atomic E-state index is 0.678. The van der Waals surface area contributed by atoms with Crippen LogP contribution in [0.25, 0.3) is 0 Å².